The van der Waals surface area contributed by atoms with E-state index >= 15 is 0 Å². The minimum absolute atomic E-state index is 0.0481. The Morgan fingerprint density at radius 3 is 3.24 bits per heavy atom. The molecule has 0 saturated carbocycles. The molecule has 4 heterocycles. The standard InChI is InChI=1S/C15H19N5O/c1-10-8-19-9-11(4-5-14(19)17-10)15(21)20-6-2-3-12-13(20)7-16-18-12/h7-8,11H,2-6,9H2,1H3,(H,16,18). The Labute approximate surface area is 123 Å². The molecule has 2 aliphatic rings. The minimum atomic E-state index is 0.0481. The molecule has 0 radical (unpaired) electrons. The molecule has 2 aromatic heterocycles. The average Bonchev–Trinajstić information content (AvgIpc) is 3.09. The van der Waals surface area contributed by atoms with Crippen LogP contribution in [0.15, 0.2) is 12.4 Å². The number of imidazole rings is 1. The van der Waals surface area contributed by atoms with Crippen molar-refractivity contribution >= 4 is 11.6 Å². The summed E-state index contributed by atoms with van der Waals surface area (Å²) in [7, 11) is 0. The number of nitrogens with zero attached hydrogens (tertiary/aromatic N) is 4. The van der Waals surface area contributed by atoms with Gasteiger partial charge in [0.15, 0.2) is 0 Å². The molecule has 0 bridgehead atoms. The topological polar surface area (TPSA) is 66.8 Å². The quantitative estimate of drug-likeness (QED) is 0.862. The van der Waals surface area contributed by atoms with Crippen molar-refractivity contribution in [2.24, 2.45) is 5.92 Å². The Bertz CT molecular complexity index is 686. The third-order valence-electron chi connectivity index (χ3n) is 4.52. The number of carbonyl (C=O) groups is 1. The van der Waals surface area contributed by atoms with Gasteiger partial charge in [0.1, 0.15) is 5.82 Å². The number of fused-ring (bicyclic) bond motifs is 2. The summed E-state index contributed by atoms with van der Waals surface area (Å²) < 4.78 is 2.14. The highest BCUT2D eigenvalue weighted by Crippen LogP contribution is 2.29. The maximum atomic E-state index is 12.9. The smallest absolute Gasteiger partial charge is 0.232 e. The summed E-state index contributed by atoms with van der Waals surface area (Å²) in [6.07, 6.45) is 7.59. The number of rotatable bonds is 1. The number of aromatic nitrogens is 4. The van der Waals surface area contributed by atoms with Gasteiger partial charge in [0.2, 0.25) is 5.91 Å². The lowest BCUT2D eigenvalue weighted by molar-refractivity contribution is -0.123. The van der Waals surface area contributed by atoms with Gasteiger partial charge in [0, 0.05) is 25.7 Å². The number of carbonyl (C=O) groups excluding carboxylic acids is 1. The van der Waals surface area contributed by atoms with Crippen LogP contribution in [0.5, 0.6) is 0 Å². The Morgan fingerprint density at radius 2 is 2.33 bits per heavy atom. The molecule has 1 unspecified atom stereocenters. The summed E-state index contributed by atoms with van der Waals surface area (Å²) in [5.41, 5.74) is 3.09. The lowest BCUT2D eigenvalue weighted by Gasteiger charge is -2.32. The molecule has 0 saturated heterocycles. The number of hydrogen-bond acceptors (Lipinski definition) is 3. The number of aryl methyl sites for hydroxylation is 3. The minimum Gasteiger partial charge on any atom is -0.334 e. The summed E-state index contributed by atoms with van der Waals surface area (Å²) in [4.78, 5) is 19.3. The van der Waals surface area contributed by atoms with Crippen LogP contribution in [0, 0.1) is 12.8 Å². The Kier molecular flexibility index (Phi) is 2.83. The fraction of sp³-hybridized carbons (Fsp3) is 0.533. The summed E-state index contributed by atoms with van der Waals surface area (Å²) >= 11 is 0. The monoisotopic (exact) mass is 285 g/mol. The van der Waals surface area contributed by atoms with E-state index in [1.165, 1.54) is 0 Å². The zero-order chi connectivity index (χ0) is 14.4. The molecule has 0 fully saturated rings. The van der Waals surface area contributed by atoms with E-state index in [9.17, 15) is 4.79 Å². The number of amides is 1. The second-order valence-corrected chi connectivity index (χ2v) is 6.01. The molecular formula is C15H19N5O. The molecule has 0 aromatic carbocycles. The van der Waals surface area contributed by atoms with Crippen molar-refractivity contribution in [2.75, 3.05) is 11.4 Å². The molecule has 2 aromatic rings. The third kappa shape index (κ3) is 2.05. The number of aromatic amines is 1. The Hall–Kier alpha value is -2.11. The van der Waals surface area contributed by atoms with E-state index in [1.54, 1.807) is 6.20 Å². The van der Waals surface area contributed by atoms with E-state index in [4.69, 9.17) is 0 Å². The molecule has 6 nitrogen and oxygen atoms in total. The van der Waals surface area contributed by atoms with E-state index in [0.717, 1.165) is 61.7 Å². The fourth-order valence-electron chi connectivity index (χ4n) is 3.49. The van der Waals surface area contributed by atoms with Crippen LogP contribution in [-0.2, 0) is 24.2 Å². The van der Waals surface area contributed by atoms with Crippen LogP contribution in [0.25, 0.3) is 0 Å². The van der Waals surface area contributed by atoms with Crippen molar-refractivity contribution in [1.29, 1.82) is 0 Å². The third-order valence-corrected chi connectivity index (χ3v) is 4.52. The number of hydrogen-bond donors (Lipinski definition) is 1. The lowest BCUT2D eigenvalue weighted by Crippen LogP contribution is -2.42. The summed E-state index contributed by atoms with van der Waals surface area (Å²) in [5.74, 6) is 1.39. The molecule has 0 spiro atoms. The van der Waals surface area contributed by atoms with Crippen LogP contribution < -0.4 is 4.90 Å². The van der Waals surface area contributed by atoms with Crippen LogP contribution in [0.3, 0.4) is 0 Å². The van der Waals surface area contributed by atoms with Crippen molar-refractivity contribution in [3.05, 3.63) is 29.6 Å². The van der Waals surface area contributed by atoms with E-state index in [1.807, 2.05) is 18.0 Å². The van der Waals surface area contributed by atoms with E-state index in [0.29, 0.717) is 0 Å². The van der Waals surface area contributed by atoms with Gasteiger partial charge in [0.05, 0.1) is 29.2 Å². The van der Waals surface area contributed by atoms with Crippen molar-refractivity contribution in [2.45, 2.75) is 39.2 Å². The fourth-order valence-corrected chi connectivity index (χ4v) is 3.49. The first-order valence-electron chi connectivity index (χ1n) is 7.58. The van der Waals surface area contributed by atoms with Gasteiger partial charge in [0.25, 0.3) is 0 Å². The van der Waals surface area contributed by atoms with Gasteiger partial charge in [-0.05, 0) is 26.2 Å². The molecule has 4 rings (SSSR count). The molecule has 6 heteroatoms. The first-order valence-corrected chi connectivity index (χ1v) is 7.58. The largest absolute Gasteiger partial charge is 0.334 e. The normalized spacial score (nSPS) is 21.0. The highest BCUT2D eigenvalue weighted by Gasteiger charge is 2.32. The SMILES string of the molecule is Cc1cn2c(n1)CCC(C(=O)N1CCCc3[nH]ncc31)C2. The molecule has 0 aliphatic carbocycles. The van der Waals surface area contributed by atoms with Crippen molar-refractivity contribution in [3.63, 3.8) is 0 Å². The zero-order valence-electron chi connectivity index (χ0n) is 12.2. The summed E-state index contributed by atoms with van der Waals surface area (Å²) in [6.45, 7) is 3.56. The van der Waals surface area contributed by atoms with Crippen LogP contribution in [-0.4, -0.2) is 32.2 Å². The van der Waals surface area contributed by atoms with E-state index < -0.39 is 0 Å². The number of H-pyrrole nitrogens is 1. The van der Waals surface area contributed by atoms with Gasteiger partial charge in [-0.25, -0.2) is 4.98 Å². The molecular weight excluding hydrogens is 266 g/mol. The molecule has 2 aliphatic heterocycles. The van der Waals surface area contributed by atoms with Crippen LogP contribution in [0.2, 0.25) is 0 Å². The summed E-state index contributed by atoms with van der Waals surface area (Å²) in [6, 6.07) is 0. The molecule has 1 amide bonds. The van der Waals surface area contributed by atoms with Crippen LogP contribution >= 0.6 is 0 Å². The maximum absolute atomic E-state index is 12.9. The maximum Gasteiger partial charge on any atom is 0.232 e. The predicted molar refractivity (Wildman–Crippen MR) is 78.0 cm³/mol. The average molecular weight is 285 g/mol. The molecule has 1 atom stereocenters. The van der Waals surface area contributed by atoms with Gasteiger partial charge in [-0.2, -0.15) is 5.10 Å². The lowest BCUT2D eigenvalue weighted by atomic mass is 9.96. The first-order chi connectivity index (χ1) is 10.2. The first kappa shape index (κ1) is 12.6. The highest BCUT2D eigenvalue weighted by atomic mass is 16.2. The number of nitrogens with one attached hydrogen (secondary N) is 1. The molecule has 110 valence electrons. The van der Waals surface area contributed by atoms with Crippen molar-refractivity contribution < 1.29 is 4.79 Å². The highest BCUT2D eigenvalue weighted by molar-refractivity contribution is 5.95. The van der Waals surface area contributed by atoms with Crippen molar-refractivity contribution in [1.82, 2.24) is 19.7 Å². The second kappa shape index (κ2) is 4.72. The van der Waals surface area contributed by atoms with Gasteiger partial charge in [-0.15, -0.1) is 0 Å². The number of anilines is 1. The van der Waals surface area contributed by atoms with Crippen LogP contribution in [0.1, 0.15) is 30.1 Å². The Morgan fingerprint density at radius 1 is 1.43 bits per heavy atom. The second-order valence-electron chi connectivity index (χ2n) is 6.01. The molecule has 21 heavy (non-hydrogen) atoms. The van der Waals surface area contributed by atoms with Crippen molar-refractivity contribution in [3.8, 4) is 0 Å². The van der Waals surface area contributed by atoms with E-state index in [-0.39, 0.29) is 11.8 Å². The van der Waals surface area contributed by atoms with E-state index in [2.05, 4.69) is 19.7 Å². The molecule has 1 N–H and O–H groups in total. The summed E-state index contributed by atoms with van der Waals surface area (Å²) in [5, 5.41) is 7.09. The van der Waals surface area contributed by atoms with Gasteiger partial charge in [-0.3, -0.25) is 9.89 Å². The van der Waals surface area contributed by atoms with Gasteiger partial charge >= 0.3 is 0 Å². The van der Waals surface area contributed by atoms with Gasteiger partial charge < -0.3 is 9.47 Å². The van der Waals surface area contributed by atoms with Gasteiger partial charge in [-0.1, -0.05) is 0 Å². The Balaban J connectivity index is 1.57. The predicted octanol–water partition coefficient (Wildman–Crippen LogP) is 1.46. The zero-order valence-corrected chi connectivity index (χ0v) is 12.2. The van der Waals surface area contributed by atoms with Crippen LogP contribution in [0.4, 0.5) is 5.69 Å².